The Morgan fingerprint density at radius 1 is 1.35 bits per heavy atom. The van der Waals surface area contributed by atoms with E-state index in [1.165, 1.54) is 5.56 Å². The van der Waals surface area contributed by atoms with Crippen molar-refractivity contribution in [1.82, 2.24) is 4.57 Å². The van der Waals surface area contributed by atoms with Crippen LogP contribution in [0.25, 0.3) is 10.9 Å². The van der Waals surface area contributed by atoms with Crippen LogP contribution in [0, 0.1) is 6.92 Å². The minimum absolute atomic E-state index is 0.383. The van der Waals surface area contributed by atoms with Gasteiger partial charge in [-0.05, 0) is 36.1 Å². The number of fused-ring (bicyclic) bond motifs is 1. The Morgan fingerprint density at radius 3 is 2.53 bits per heavy atom. The Hall–Kier alpha value is -1.77. The molecule has 0 spiro atoms. The van der Waals surface area contributed by atoms with Crippen molar-refractivity contribution in [1.29, 1.82) is 0 Å². The zero-order valence-corrected chi connectivity index (χ0v) is 10.6. The summed E-state index contributed by atoms with van der Waals surface area (Å²) in [7, 11) is 1.95. The Kier molecular flexibility index (Phi) is 2.69. The van der Waals surface area contributed by atoms with Gasteiger partial charge in [0.05, 0.1) is 5.56 Å². The fourth-order valence-electron chi connectivity index (χ4n) is 2.26. The second-order valence-electron chi connectivity index (χ2n) is 4.84. The van der Waals surface area contributed by atoms with Crippen LogP contribution in [0.15, 0.2) is 18.3 Å². The highest BCUT2D eigenvalue weighted by atomic mass is 16.4. The summed E-state index contributed by atoms with van der Waals surface area (Å²) in [5.41, 5.74) is 3.45. The highest BCUT2D eigenvalue weighted by Crippen LogP contribution is 2.29. The average molecular weight is 231 g/mol. The summed E-state index contributed by atoms with van der Waals surface area (Å²) in [5, 5.41) is 10.3. The molecule has 17 heavy (non-hydrogen) atoms. The first-order valence-corrected chi connectivity index (χ1v) is 5.74. The van der Waals surface area contributed by atoms with Crippen molar-refractivity contribution in [2.24, 2.45) is 7.05 Å². The van der Waals surface area contributed by atoms with Crippen LogP contribution in [0.2, 0.25) is 0 Å². The van der Waals surface area contributed by atoms with Crippen molar-refractivity contribution < 1.29 is 9.90 Å². The van der Waals surface area contributed by atoms with E-state index >= 15 is 0 Å². The monoisotopic (exact) mass is 231 g/mol. The van der Waals surface area contributed by atoms with Gasteiger partial charge in [0.2, 0.25) is 0 Å². The van der Waals surface area contributed by atoms with E-state index in [9.17, 15) is 4.79 Å². The van der Waals surface area contributed by atoms with Crippen molar-refractivity contribution in [3.8, 4) is 0 Å². The average Bonchev–Trinajstić information content (AvgIpc) is 2.54. The van der Waals surface area contributed by atoms with E-state index in [1.807, 2.05) is 24.6 Å². The molecule has 0 unspecified atom stereocenters. The van der Waals surface area contributed by atoms with Crippen LogP contribution in [0.5, 0.6) is 0 Å². The fraction of sp³-hybridized carbons (Fsp3) is 0.357. The van der Waals surface area contributed by atoms with Crippen LogP contribution in [-0.2, 0) is 7.05 Å². The SMILES string of the molecule is Cc1cc2c(C(C)C)cn(C)c2cc1C(=O)O. The highest BCUT2D eigenvalue weighted by molar-refractivity contribution is 5.96. The van der Waals surface area contributed by atoms with Gasteiger partial charge >= 0.3 is 5.97 Å². The summed E-state index contributed by atoms with van der Waals surface area (Å²) >= 11 is 0. The van der Waals surface area contributed by atoms with E-state index < -0.39 is 5.97 Å². The molecule has 90 valence electrons. The molecule has 0 bridgehead atoms. The number of aromatic carboxylic acids is 1. The normalized spacial score (nSPS) is 11.4. The lowest BCUT2D eigenvalue weighted by atomic mass is 9.99. The summed E-state index contributed by atoms with van der Waals surface area (Å²) in [6.45, 7) is 6.14. The first-order valence-electron chi connectivity index (χ1n) is 5.74. The number of hydrogen-bond donors (Lipinski definition) is 1. The predicted octanol–water partition coefficient (Wildman–Crippen LogP) is 3.31. The molecule has 3 heteroatoms. The van der Waals surface area contributed by atoms with Gasteiger partial charge in [-0.2, -0.15) is 0 Å². The standard InChI is InChI=1S/C14H17NO2/c1-8(2)12-7-15(4)13-6-10(14(16)17)9(3)5-11(12)13/h5-8H,1-4H3,(H,16,17). The molecule has 0 amide bonds. The molecule has 1 aromatic carbocycles. The zero-order chi connectivity index (χ0) is 12.7. The van der Waals surface area contributed by atoms with E-state index in [0.29, 0.717) is 11.5 Å². The first-order chi connectivity index (χ1) is 7.91. The van der Waals surface area contributed by atoms with Crippen LogP contribution in [0.4, 0.5) is 0 Å². The van der Waals surface area contributed by atoms with Gasteiger partial charge in [0, 0.05) is 24.1 Å². The van der Waals surface area contributed by atoms with Gasteiger partial charge in [-0.1, -0.05) is 13.8 Å². The molecular weight excluding hydrogens is 214 g/mol. The van der Waals surface area contributed by atoms with Crippen molar-refractivity contribution in [2.75, 3.05) is 0 Å². The summed E-state index contributed by atoms with van der Waals surface area (Å²) in [5.74, 6) is -0.425. The van der Waals surface area contributed by atoms with Gasteiger partial charge in [0.15, 0.2) is 0 Å². The molecule has 0 radical (unpaired) electrons. The second kappa shape index (κ2) is 3.91. The zero-order valence-electron chi connectivity index (χ0n) is 10.6. The number of nitrogens with zero attached hydrogens (tertiary/aromatic N) is 1. The lowest BCUT2D eigenvalue weighted by molar-refractivity contribution is 0.0696. The summed E-state index contributed by atoms with van der Waals surface area (Å²) in [6.07, 6.45) is 2.08. The Bertz CT molecular complexity index is 594. The molecular formula is C14H17NO2. The largest absolute Gasteiger partial charge is 0.478 e. The molecule has 0 aliphatic carbocycles. The lowest BCUT2D eigenvalue weighted by Crippen LogP contribution is -2.00. The fourth-order valence-corrected chi connectivity index (χ4v) is 2.26. The highest BCUT2D eigenvalue weighted by Gasteiger charge is 2.14. The van der Waals surface area contributed by atoms with Gasteiger partial charge in [0.25, 0.3) is 0 Å². The smallest absolute Gasteiger partial charge is 0.336 e. The number of aryl methyl sites for hydroxylation is 2. The number of carbonyl (C=O) groups is 1. The quantitative estimate of drug-likeness (QED) is 0.861. The third-order valence-electron chi connectivity index (χ3n) is 3.22. The molecule has 0 saturated carbocycles. The second-order valence-corrected chi connectivity index (χ2v) is 4.84. The van der Waals surface area contributed by atoms with Gasteiger partial charge in [-0.25, -0.2) is 4.79 Å². The molecule has 0 saturated heterocycles. The molecule has 0 atom stereocenters. The topological polar surface area (TPSA) is 42.2 Å². The van der Waals surface area contributed by atoms with E-state index in [1.54, 1.807) is 6.07 Å². The third kappa shape index (κ3) is 1.82. The summed E-state index contributed by atoms with van der Waals surface area (Å²) < 4.78 is 2.00. The van der Waals surface area contributed by atoms with Crippen molar-refractivity contribution in [2.45, 2.75) is 26.7 Å². The van der Waals surface area contributed by atoms with E-state index in [4.69, 9.17) is 5.11 Å². The summed E-state index contributed by atoms with van der Waals surface area (Å²) in [4.78, 5) is 11.1. The summed E-state index contributed by atoms with van der Waals surface area (Å²) in [6, 6.07) is 3.74. The molecule has 3 nitrogen and oxygen atoms in total. The van der Waals surface area contributed by atoms with Crippen LogP contribution >= 0.6 is 0 Å². The Labute approximate surface area is 101 Å². The van der Waals surface area contributed by atoms with Crippen molar-refractivity contribution in [3.63, 3.8) is 0 Å². The Balaban J connectivity index is 2.80. The van der Waals surface area contributed by atoms with E-state index in [0.717, 1.165) is 16.5 Å². The number of carboxylic acids is 1. The van der Waals surface area contributed by atoms with Gasteiger partial charge in [-0.15, -0.1) is 0 Å². The van der Waals surface area contributed by atoms with E-state index in [2.05, 4.69) is 20.0 Å². The molecule has 0 aliphatic heterocycles. The minimum atomic E-state index is -0.864. The molecule has 1 aromatic heterocycles. The minimum Gasteiger partial charge on any atom is -0.478 e. The lowest BCUT2D eigenvalue weighted by Gasteiger charge is -2.05. The number of aromatic nitrogens is 1. The van der Waals surface area contributed by atoms with Crippen LogP contribution in [-0.4, -0.2) is 15.6 Å². The van der Waals surface area contributed by atoms with Gasteiger partial charge in [-0.3, -0.25) is 0 Å². The number of benzene rings is 1. The maximum absolute atomic E-state index is 11.1. The maximum Gasteiger partial charge on any atom is 0.336 e. The van der Waals surface area contributed by atoms with Gasteiger partial charge < -0.3 is 9.67 Å². The molecule has 2 rings (SSSR count). The predicted molar refractivity (Wildman–Crippen MR) is 68.7 cm³/mol. The van der Waals surface area contributed by atoms with Crippen LogP contribution in [0.1, 0.15) is 41.3 Å². The number of hydrogen-bond acceptors (Lipinski definition) is 1. The molecule has 0 fully saturated rings. The van der Waals surface area contributed by atoms with Gasteiger partial charge in [0.1, 0.15) is 0 Å². The molecule has 2 aromatic rings. The number of carboxylic acid groups (broad SMARTS) is 1. The van der Waals surface area contributed by atoms with Crippen LogP contribution in [0.3, 0.4) is 0 Å². The third-order valence-corrected chi connectivity index (χ3v) is 3.22. The molecule has 1 N–H and O–H groups in total. The van der Waals surface area contributed by atoms with Crippen molar-refractivity contribution >= 4 is 16.9 Å². The first kappa shape index (κ1) is 11.7. The van der Waals surface area contributed by atoms with Crippen LogP contribution < -0.4 is 0 Å². The number of rotatable bonds is 2. The van der Waals surface area contributed by atoms with Crippen molar-refractivity contribution in [3.05, 3.63) is 35.0 Å². The van der Waals surface area contributed by atoms with E-state index in [-0.39, 0.29) is 0 Å². The Morgan fingerprint density at radius 2 is 2.00 bits per heavy atom. The molecule has 1 heterocycles. The maximum atomic E-state index is 11.1. The molecule has 0 aliphatic rings.